The molecule has 23 heavy (non-hydrogen) atoms. The highest BCUT2D eigenvalue weighted by Gasteiger charge is 2.24. The van der Waals surface area contributed by atoms with E-state index in [1.54, 1.807) is 41.4 Å². The van der Waals surface area contributed by atoms with Gasteiger partial charge < -0.3 is 9.73 Å². The van der Waals surface area contributed by atoms with Gasteiger partial charge in [-0.1, -0.05) is 0 Å². The molecule has 0 aliphatic rings. The first-order valence-corrected chi connectivity index (χ1v) is 7.92. The molecular weight excluding hydrogens is 312 g/mol. The van der Waals surface area contributed by atoms with Gasteiger partial charge in [0.1, 0.15) is 23.0 Å². The highest BCUT2D eigenvalue weighted by Crippen LogP contribution is 2.25. The molecule has 0 radical (unpaired) electrons. The molecule has 0 aromatic carbocycles. The molecule has 1 N–H and O–H groups in total. The Hall–Kier alpha value is -2.85. The third kappa shape index (κ3) is 3.03. The zero-order chi connectivity index (χ0) is 16.2. The molecule has 3 aromatic rings. The van der Waals surface area contributed by atoms with Crippen molar-refractivity contribution in [2.45, 2.75) is 13.3 Å². The monoisotopic (exact) mass is 326 g/mol. The Kier molecular flexibility index (Phi) is 4.26. The molecule has 3 heterocycles. The van der Waals surface area contributed by atoms with Gasteiger partial charge in [0.2, 0.25) is 5.88 Å². The molecule has 7 heteroatoms. The van der Waals surface area contributed by atoms with Gasteiger partial charge in [0.15, 0.2) is 0 Å². The zero-order valence-corrected chi connectivity index (χ0v) is 13.3. The summed E-state index contributed by atoms with van der Waals surface area (Å²) >= 11 is 1.55. The van der Waals surface area contributed by atoms with Gasteiger partial charge in [-0.3, -0.25) is 9.36 Å². The molecule has 0 fully saturated rings. The Morgan fingerprint density at radius 1 is 1.48 bits per heavy atom. The molecule has 0 aliphatic carbocycles. The summed E-state index contributed by atoms with van der Waals surface area (Å²) in [7, 11) is 0. The molecule has 0 spiro atoms. The van der Waals surface area contributed by atoms with Gasteiger partial charge in [-0.25, -0.2) is 4.98 Å². The quantitative estimate of drug-likeness (QED) is 0.781. The molecule has 0 bridgehead atoms. The van der Waals surface area contributed by atoms with Crippen LogP contribution in [0.3, 0.4) is 0 Å². The van der Waals surface area contributed by atoms with Crippen LogP contribution in [-0.4, -0.2) is 22.0 Å². The number of thiazole rings is 1. The second kappa shape index (κ2) is 6.50. The summed E-state index contributed by atoms with van der Waals surface area (Å²) in [6.07, 6.45) is 5.93. The maximum atomic E-state index is 12.4. The van der Waals surface area contributed by atoms with Crippen LogP contribution < -0.4 is 5.32 Å². The molecule has 0 unspecified atom stereocenters. The van der Waals surface area contributed by atoms with E-state index in [4.69, 9.17) is 4.42 Å². The zero-order valence-electron chi connectivity index (χ0n) is 12.4. The molecular formula is C16H14N4O2S. The lowest BCUT2D eigenvalue weighted by molar-refractivity contribution is 0.0952. The van der Waals surface area contributed by atoms with E-state index in [0.29, 0.717) is 24.6 Å². The van der Waals surface area contributed by atoms with E-state index < -0.39 is 0 Å². The molecule has 3 aromatic heterocycles. The van der Waals surface area contributed by atoms with Gasteiger partial charge in [0, 0.05) is 36.9 Å². The van der Waals surface area contributed by atoms with E-state index in [1.165, 1.54) is 0 Å². The number of hydrogen-bond acceptors (Lipinski definition) is 5. The van der Waals surface area contributed by atoms with Crippen molar-refractivity contribution in [3.63, 3.8) is 0 Å². The number of carbonyl (C=O) groups is 1. The van der Waals surface area contributed by atoms with Crippen molar-refractivity contribution >= 4 is 17.2 Å². The molecule has 0 aliphatic heterocycles. The third-order valence-electron chi connectivity index (χ3n) is 3.35. The van der Waals surface area contributed by atoms with Crippen LogP contribution in [0.25, 0.3) is 5.88 Å². The Morgan fingerprint density at radius 3 is 2.91 bits per heavy atom. The lowest BCUT2D eigenvalue weighted by atomic mass is 10.1. The average Bonchev–Trinajstić information content (AvgIpc) is 3.27. The largest absolute Gasteiger partial charge is 0.443 e. The lowest BCUT2D eigenvalue weighted by Crippen LogP contribution is -2.26. The summed E-state index contributed by atoms with van der Waals surface area (Å²) in [5, 5.41) is 15.1. The van der Waals surface area contributed by atoms with Crippen LogP contribution in [0.15, 0.2) is 40.5 Å². The maximum Gasteiger partial charge on any atom is 0.256 e. The summed E-state index contributed by atoms with van der Waals surface area (Å²) in [4.78, 5) is 16.6. The van der Waals surface area contributed by atoms with Gasteiger partial charge in [-0.2, -0.15) is 5.26 Å². The van der Waals surface area contributed by atoms with Crippen LogP contribution in [0.5, 0.6) is 0 Å². The van der Waals surface area contributed by atoms with Crippen LogP contribution in [0.1, 0.15) is 26.7 Å². The van der Waals surface area contributed by atoms with Crippen LogP contribution >= 0.6 is 11.3 Å². The van der Waals surface area contributed by atoms with Crippen molar-refractivity contribution in [1.29, 1.82) is 5.26 Å². The van der Waals surface area contributed by atoms with Gasteiger partial charge >= 0.3 is 0 Å². The first-order chi connectivity index (χ1) is 11.2. The minimum absolute atomic E-state index is 0.241. The summed E-state index contributed by atoms with van der Waals surface area (Å²) in [5.74, 6) is 0.481. The second-order valence-electron chi connectivity index (χ2n) is 4.85. The number of aryl methyl sites for hydroxylation is 1. The van der Waals surface area contributed by atoms with E-state index >= 15 is 0 Å². The fourth-order valence-corrected chi connectivity index (χ4v) is 2.93. The highest BCUT2D eigenvalue weighted by atomic mass is 32.1. The van der Waals surface area contributed by atoms with Crippen molar-refractivity contribution < 1.29 is 9.21 Å². The smallest absolute Gasteiger partial charge is 0.256 e. The van der Waals surface area contributed by atoms with Gasteiger partial charge in [-0.05, 0) is 19.1 Å². The number of nitrogens with one attached hydrogen (secondary N) is 1. The fraction of sp³-hybridized carbons (Fsp3) is 0.188. The molecule has 0 atom stereocenters. The highest BCUT2D eigenvalue weighted by molar-refractivity contribution is 7.09. The van der Waals surface area contributed by atoms with Crippen molar-refractivity contribution in [1.82, 2.24) is 14.9 Å². The van der Waals surface area contributed by atoms with Crippen LogP contribution in [0.2, 0.25) is 0 Å². The van der Waals surface area contributed by atoms with Gasteiger partial charge in [0.05, 0.1) is 5.01 Å². The number of carbonyl (C=O) groups excluding carboxylic acids is 1. The van der Waals surface area contributed by atoms with E-state index in [9.17, 15) is 10.1 Å². The van der Waals surface area contributed by atoms with E-state index in [2.05, 4.69) is 16.4 Å². The SMILES string of the molecule is Cc1oc(-n2cccc2)c(C#N)c1C(=O)NCCc1nccs1. The van der Waals surface area contributed by atoms with Crippen LogP contribution in [0.4, 0.5) is 0 Å². The number of nitriles is 1. The van der Waals surface area contributed by atoms with Crippen molar-refractivity contribution in [2.24, 2.45) is 0 Å². The third-order valence-corrected chi connectivity index (χ3v) is 4.19. The molecule has 6 nitrogen and oxygen atoms in total. The Balaban J connectivity index is 1.79. The summed E-state index contributed by atoms with van der Waals surface area (Å²) in [5.41, 5.74) is 0.529. The number of hydrogen-bond donors (Lipinski definition) is 1. The molecule has 1 amide bonds. The minimum atomic E-state index is -0.308. The number of nitrogens with zero attached hydrogens (tertiary/aromatic N) is 3. The van der Waals surface area contributed by atoms with Crippen LogP contribution in [-0.2, 0) is 6.42 Å². The standard InChI is InChI=1S/C16H14N4O2S/c1-11-14(15(21)19-5-4-13-18-6-9-23-13)12(10-17)16(22-11)20-7-2-3-8-20/h2-3,6-9H,4-5H2,1H3,(H,19,21). The predicted molar refractivity (Wildman–Crippen MR) is 85.6 cm³/mol. The summed E-state index contributed by atoms with van der Waals surface area (Å²) in [6, 6.07) is 5.72. The number of amides is 1. The Labute approximate surface area is 137 Å². The normalized spacial score (nSPS) is 10.4. The minimum Gasteiger partial charge on any atom is -0.443 e. The maximum absolute atomic E-state index is 12.4. The lowest BCUT2D eigenvalue weighted by Gasteiger charge is -2.03. The number of aromatic nitrogens is 2. The van der Waals surface area contributed by atoms with E-state index in [1.807, 2.05) is 17.5 Å². The fourth-order valence-electron chi connectivity index (χ4n) is 2.31. The van der Waals surface area contributed by atoms with Crippen molar-refractivity contribution in [2.75, 3.05) is 6.54 Å². The first-order valence-electron chi connectivity index (χ1n) is 7.04. The Bertz CT molecular complexity index is 842. The second-order valence-corrected chi connectivity index (χ2v) is 5.83. The summed E-state index contributed by atoms with van der Waals surface area (Å²) in [6.45, 7) is 2.14. The first kappa shape index (κ1) is 15.1. The average molecular weight is 326 g/mol. The van der Waals surface area contributed by atoms with E-state index in [-0.39, 0.29) is 17.0 Å². The molecule has 3 rings (SSSR count). The summed E-state index contributed by atoms with van der Waals surface area (Å²) < 4.78 is 7.30. The van der Waals surface area contributed by atoms with E-state index in [0.717, 1.165) is 5.01 Å². The predicted octanol–water partition coefficient (Wildman–Crippen LogP) is 2.68. The number of furan rings is 1. The number of rotatable bonds is 5. The van der Waals surface area contributed by atoms with Gasteiger partial charge in [-0.15, -0.1) is 11.3 Å². The van der Waals surface area contributed by atoms with Gasteiger partial charge in [0.25, 0.3) is 5.91 Å². The molecule has 116 valence electrons. The molecule has 0 saturated carbocycles. The topological polar surface area (TPSA) is 83.8 Å². The van der Waals surface area contributed by atoms with Crippen LogP contribution in [0, 0.1) is 18.3 Å². The molecule has 0 saturated heterocycles. The Morgan fingerprint density at radius 2 is 2.26 bits per heavy atom. The van der Waals surface area contributed by atoms with Crippen molar-refractivity contribution in [3.8, 4) is 12.0 Å². The van der Waals surface area contributed by atoms with Crippen molar-refractivity contribution in [3.05, 3.63) is 58.0 Å².